The molecule has 1 fully saturated rings. The molecule has 2 nitrogen and oxygen atoms in total. The van der Waals surface area contributed by atoms with Crippen molar-refractivity contribution in [1.29, 1.82) is 0 Å². The van der Waals surface area contributed by atoms with Crippen molar-refractivity contribution in [2.24, 2.45) is 11.7 Å². The van der Waals surface area contributed by atoms with E-state index in [0.29, 0.717) is 5.54 Å². The molecule has 1 rings (SSSR count). The van der Waals surface area contributed by atoms with Crippen molar-refractivity contribution in [2.45, 2.75) is 70.8 Å². The highest BCUT2D eigenvalue weighted by molar-refractivity contribution is 4.92. The molecule has 0 saturated heterocycles. The molecule has 1 aliphatic rings. The third-order valence-corrected chi connectivity index (χ3v) is 4.59. The summed E-state index contributed by atoms with van der Waals surface area (Å²) in [7, 11) is 2.30. The molecule has 2 heteroatoms. The molecule has 1 saturated carbocycles. The van der Waals surface area contributed by atoms with Crippen molar-refractivity contribution in [3.63, 3.8) is 0 Å². The molecule has 2 N–H and O–H groups in total. The van der Waals surface area contributed by atoms with Crippen molar-refractivity contribution < 1.29 is 0 Å². The van der Waals surface area contributed by atoms with E-state index in [1.807, 2.05) is 0 Å². The van der Waals surface area contributed by atoms with Gasteiger partial charge in [-0.05, 0) is 32.2 Å². The molecule has 0 bridgehead atoms. The van der Waals surface area contributed by atoms with Crippen LogP contribution in [0.2, 0.25) is 0 Å². The quantitative estimate of drug-likeness (QED) is 0.721. The van der Waals surface area contributed by atoms with Crippen LogP contribution in [0.5, 0.6) is 0 Å². The smallest absolute Gasteiger partial charge is 0.0328 e. The maximum absolute atomic E-state index is 6.12. The van der Waals surface area contributed by atoms with Gasteiger partial charge in [0.2, 0.25) is 0 Å². The molecule has 17 heavy (non-hydrogen) atoms. The van der Waals surface area contributed by atoms with Gasteiger partial charge in [-0.2, -0.15) is 0 Å². The summed E-state index contributed by atoms with van der Waals surface area (Å²) in [6.45, 7) is 6.70. The second-order valence-corrected chi connectivity index (χ2v) is 6.12. The highest BCUT2D eigenvalue weighted by atomic mass is 15.2. The lowest BCUT2D eigenvalue weighted by Crippen LogP contribution is -2.53. The van der Waals surface area contributed by atoms with Crippen LogP contribution in [0, 0.1) is 5.92 Å². The fourth-order valence-electron chi connectivity index (χ4n) is 3.37. The Labute approximate surface area is 108 Å². The van der Waals surface area contributed by atoms with Crippen LogP contribution in [0.1, 0.15) is 65.2 Å². The Morgan fingerprint density at radius 3 is 2.24 bits per heavy atom. The van der Waals surface area contributed by atoms with E-state index < -0.39 is 0 Å². The van der Waals surface area contributed by atoms with Crippen molar-refractivity contribution in [3.8, 4) is 0 Å². The van der Waals surface area contributed by atoms with Crippen LogP contribution in [-0.4, -0.2) is 30.6 Å². The van der Waals surface area contributed by atoms with E-state index >= 15 is 0 Å². The molecule has 102 valence electrons. The Morgan fingerprint density at radius 2 is 1.76 bits per heavy atom. The van der Waals surface area contributed by atoms with E-state index in [9.17, 15) is 0 Å². The van der Waals surface area contributed by atoms with Gasteiger partial charge in [0.1, 0.15) is 0 Å². The van der Waals surface area contributed by atoms with Crippen LogP contribution in [-0.2, 0) is 0 Å². The predicted octanol–water partition coefficient (Wildman–Crippen LogP) is 3.41. The molecule has 1 atom stereocenters. The van der Waals surface area contributed by atoms with Crippen LogP contribution in [0.3, 0.4) is 0 Å². The van der Waals surface area contributed by atoms with Crippen LogP contribution >= 0.6 is 0 Å². The molecule has 1 unspecified atom stereocenters. The molecule has 0 spiro atoms. The standard InChI is InChI=1S/C15H32N2/c1-4-9-14(2)12-17(3)15(13-16)10-7-5-6-8-11-15/h14H,4-13,16H2,1-3H3. The maximum atomic E-state index is 6.12. The number of likely N-dealkylation sites (N-methyl/N-ethyl adjacent to an activating group) is 1. The molecule has 0 aromatic carbocycles. The Kier molecular flexibility index (Phi) is 6.50. The number of nitrogens with zero attached hydrogens (tertiary/aromatic N) is 1. The number of hydrogen-bond donors (Lipinski definition) is 1. The molecule has 0 aromatic heterocycles. The summed E-state index contributed by atoms with van der Waals surface area (Å²) in [6.07, 6.45) is 10.8. The average Bonchev–Trinajstić information content (AvgIpc) is 2.55. The van der Waals surface area contributed by atoms with Crippen molar-refractivity contribution >= 4 is 0 Å². The molecule has 0 aromatic rings. The van der Waals surface area contributed by atoms with E-state index in [4.69, 9.17) is 5.73 Å². The lowest BCUT2D eigenvalue weighted by Gasteiger charge is -2.42. The molecule has 0 aliphatic heterocycles. The van der Waals surface area contributed by atoms with Gasteiger partial charge in [0.25, 0.3) is 0 Å². The number of rotatable bonds is 6. The largest absolute Gasteiger partial charge is 0.329 e. The number of nitrogens with two attached hydrogens (primary N) is 1. The zero-order chi connectivity index (χ0) is 12.7. The Hall–Kier alpha value is -0.0800. The molecule has 1 aliphatic carbocycles. The fraction of sp³-hybridized carbons (Fsp3) is 1.00. The highest BCUT2D eigenvalue weighted by Gasteiger charge is 2.33. The van der Waals surface area contributed by atoms with Crippen molar-refractivity contribution in [2.75, 3.05) is 20.1 Å². The first-order chi connectivity index (χ1) is 8.14. The molecule has 0 amide bonds. The first-order valence-electron chi connectivity index (χ1n) is 7.56. The lowest BCUT2D eigenvalue weighted by atomic mass is 9.87. The van der Waals surface area contributed by atoms with Gasteiger partial charge in [-0.3, -0.25) is 4.90 Å². The Morgan fingerprint density at radius 1 is 1.18 bits per heavy atom. The molecular formula is C15H32N2. The second kappa shape index (κ2) is 7.38. The van der Waals surface area contributed by atoms with Gasteiger partial charge in [-0.15, -0.1) is 0 Å². The summed E-state index contributed by atoms with van der Waals surface area (Å²) in [5, 5.41) is 0. The lowest BCUT2D eigenvalue weighted by molar-refractivity contribution is 0.0902. The molecular weight excluding hydrogens is 208 g/mol. The zero-order valence-corrected chi connectivity index (χ0v) is 12.2. The van der Waals surface area contributed by atoms with Gasteiger partial charge in [-0.1, -0.05) is 46.0 Å². The second-order valence-electron chi connectivity index (χ2n) is 6.12. The summed E-state index contributed by atoms with van der Waals surface area (Å²) < 4.78 is 0. The summed E-state index contributed by atoms with van der Waals surface area (Å²) in [4.78, 5) is 2.58. The van der Waals surface area contributed by atoms with Gasteiger partial charge in [0.05, 0.1) is 0 Å². The van der Waals surface area contributed by atoms with Crippen molar-refractivity contribution in [1.82, 2.24) is 4.90 Å². The molecule has 0 radical (unpaired) electrons. The third kappa shape index (κ3) is 4.26. The summed E-state index contributed by atoms with van der Waals surface area (Å²) in [6, 6.07) is 0. The van der Waals surface area contributed by atoms with Crippen molar-refractivity contribution in [3.05, 3.63) is 0 Å². The van der Waals surface area contributed by atoms with Crippen LogP contribution in [0.15, 0.2) is 0 Å². The monoisotopic (exact) mass is 240 g/mol. The van der Waals surface area contributed by atoms with Crippen LogP contribution in [0.25, 0.3) is 0 Å². The maximum Gasteiger partial charge on any atom is 0.0328 e. The first kappa shape index (κ1) is 15.0. The van der Waals surface area contributed by atoms with E-state index in [1.165, 1.54) is 57.9 Å². The van der Waals surface area contributed by atoms with E-state index in [2.05, 4.69) is 25.8 Å². The summed E-state index contributed by atoms with van der Waals surface area (Å²) in [5.74, 6) is 0.802. The predicted molar refractivity (Wildman–Crippen MR) is 76.2 cm³/mol. The van der Waals surface area contributed by atoms with Gasteiger partial charge < -0.3 is 5.73 Å². The van der Waals surface area contributed by atoms with Crippen LogP contribution < -0.4 is 5.73 Å². The Bertz CT molecular complexity index is 195. The first-order valence-corrected chi connectivity index (χ1v) is 7.56. The highest BCUT2D eigenvalue weighted by Crippen LogP contribution is 2.31. The van der Waals surface area contributed by atoms with Gasteiger partial charge >= 0.3 is 0 Å². The Balaban J connectivity index is 2.57. The SMILES string of the molecule is CCCC(C)CN(C)C1(CN)CCCCCC1. The zero-order valence-electron chi connectivity index (χ0n) is 12.2. The number of hydrogen-bond acceptors (Lipinski definition) is 2. The van der Waals surface area contributed by atoms with Gasteiger partial charge in [-0.25, -0.2) is 0 Å². The summed E-state index contributed by atoms with van der Waals surface area (Å²) >= 11 is 0. The van der Waals surface area contributed by atoms with Crippen LogP contribution in [0.4, 0.5) is 0 Å². The third-order valence-electron chi connectivity index (χ3n) is 4.59. The fourth-order valence-corrected chi connectivity index (χ4v) is 3.37. The molecule has 0 heterocycles. The minimum atomic E-state index is 0.304. The summed E-state index contributed by atoms with van der Waals surface area (Å²) in [5.41, 5.74) is 6.42. The minimum absolute atomic E-state index is 0.304. The van der Waals surface area contributed by atoms with E-state index in [-0.39, 0.29) is 0 Å². The normalized spacial score (nSPS) is 22.4. The van der Waals surface area contributed by atoms with E-state index in [0.717, 1.165) is 12.5 Å². The van der Waals surface area contributed by atoms with Gasteiger partial charge in [0.15, 0.2) is 0 Å². The van der Waals surface area contributed by atoms with E-state index in [1.54, 1.807) is 0 Å². The van der Waals surface area contributed by atoms with Gasteiger partial charge in [0, 0.05) is 18.6 Å². The average molecular weight is 240 g/mol. The minimum Gasteiger partial charge on any atom is -0.329 e. The topological polar surface area (TPSA) is 29.3 Å².